The minimum atomic E-state index is 0.820. The molecule has 1 aromatic rings. The largest absolute Gasteiger partial charge is 0.314 e. The van der Waals surface area contributed by atoms with Gasteiger partial charge in [-0.2, -0.15) is 0 Å². The van der Waals surface area contributed by atoms with Crippen LogP contribution in [-0.4, -0.2) is 17.6 Å². The van der Waals surface area contributed by atoms with E-state index in [1.807, 2.05) is 12.4 Å². The first-order valence-corrected chi connectivity index (χ1v) is 8.83. The standard InChI is InChI=1S/C17H25BrN2/c1-12-2-3-14(10-20-17-4-5-17)15(6-12)7-13-8-16(18)11-19-9-13/h8-9,11-12,14-15,17,20H,2-7,10H2,1H3. The van der Waals surface area contributed by atoms with E-state index in [4.69, 9.17) is 0 Å². The molecule has 1 heterocycles. The van der Waals surface area contributed by atoms with E-state index in [1.165, 1.54) is 50.6 Å². The van der Waals surface area contributed by atoms with Crippen molar-refractivity contribution in [2.45, 2.75) is 51.5 Å². The van der Waals surface area contributed by atoms with E-state index in [2.05, 4.69) is 39.2 Å². The van der Waals surface area contributed by atoms with E-state index < -0.39 is 0 Å². The topological polar surface area (TPSA) is 24.9 Å². The van der Waals surface area contributed by atoms with Crippen molar-refractivity contribution >= 4 is 15.9 Å². The smallest absolute Gasteiger partial charge is 0.0410 e. The first-order chi connectivity index (χ1) is 9.70. The van der Waals surface area contributed by atoms with Crippen molar-refractivity contribution in [2.75, 3.05) is 6.54 Å². The molecule has 2 aliphatic rings. The maximum absolute atomic E-state index is 4.32. The minimum absolute atomic E-state index is 0.820. The first-order valence-electron chi connectivity index (χ1n) is 8.03. The average molecular weight is 337 g/mol. The van der Waals surface area contributed by atoms with E-state index in [0.717, 1.165) is 28.3 Å². The molecule has 3 heteroatoms. The van der Waals surface area contributed by atoms with Crippen molar-refractivity contribution in [1.82, 2.24) is 10.3 Å². The van der Waals surface area contributed by atoms with Crippen molar-refractivity contribution in [3.63, 3.8) is 0 Å². The molecule has 0 amide bonds. The van der Waals surface area contributed by atoms with E-state index in [9.17, 15) is 0 Å². The Labute approximate surface area is 130 Å². The number of nitrogens with zero attached hydrogens (tertiary/aromatic N) is 1. The zero-order valence-corrected chi connectivity index (χ0v) is 13.9. The molecule has 2 aliphatic carbocycles. The number of nitrogens with one attached hydrogen (secondary N) is 1. The van der Waals surface area contributed by atoms with Crippen LogP contribution in [0.5, 0.6) is 0 Å². The summed E-state index contributed by atoms with van der Waals surface area (Å²) in [6.07, 6.45) is 12.1. The summed E-state index contributed by atoms with van der Waals surface area (Å²) in [5.41, 5.74) is 1.38. The Bertz CT molecular complexity index is 444. The Balaban J connectivity index is 1.62. The van der Waals surface area contributed by atoms with Crippen molar-refractivity contribution in [2.24, 2.45) is 17.8 Å². The molecule has 0 saturated heterocycles. The van der Waals surface area contributed by atoms with Gasteiger partial charge in [-0.05, 0) is 84.0 Å². The number of hydrogen-bond acceptors (Lipinski definition) is 2. The molecule has 0 aromatic carbocycles. The van der Waals surface area contributed by atoms with Crippen LogP contribution in [0.15, 0.2) is 22.9 Å². The monoisotopic (exact) mass is 336 g/mol. The Morgan fingerprint density at radius 2 is 2.05 bits per heavy atom. The molecule has 2 fully saturated rings. The summed E-state index contributed by atoms with van der Waals surface area (Å²) in [5.74, 6) is 2.56. The molecular weight excluding hydrogens is 312 g/mol. The molecule has 2 nitrogen and oxygen atoms in total. The molecular formula is C17H25BrN2. The summed E-state index contributed by atoms with van der Waals surface area (Å²) in [6, 6.07) is 3.07. The van der Waals surface area contributed by atoms with Crippen molar-refractivity contribution < 1.29 is 0 Å². The van der Waals surface area contributed by atoms with Crippen molar-refractivity contribution in [3.8, 4) is 0 Å². The predicted molar refractivity (Wildman–Crippen MR) is 86.7 cm³/mol. The number of halogens is 1. The van der Waals surface area contributed by atoms with Crippen LogP contribution >= 0.6 is 15.9 Å². The van der Waals surface area contributed by atoms with Gasteiger partial charge < -0.3 is 5.32 Å². The zero-order valence-electron chi connectivity index (χ0n) is 12.3. The Kier molecular flexibility index (Phi) is 4.77. The fraction of sp³-hybridized carbons (Fsp3) is 0.706. The highest BCUT2D eigenvalue weighted by Gasteiger charge is 2.30. The van der Waals surface area contributed by atoms with Crippen LogP contribution < -0.4 is 5.32 Å². The molecule has 1 aromatic heterocycles. The molecule has 110 valence electrons. The molecule has 0 bridgehead atoms. The summed E-state index contributed by atoms with van der Waals surface area (Å²) in [5, 5.41) is 3.74. The van der Waals surface area contributed by atoms with Crippen molar-refractivity contribution in [1.29, 1.82) is 0 Å². The molecule has 1 N–H and O–H groups in total. The van der Waals surface area contributed by atoms with Crippen molar-refractivity contribution in [3.05, 3.63) is 28.5 Å². The Morgan fingerprint density at radius 1 is 1.20 bits per heavy atom. The lowest BCUT2D eigenvalue weighted by Crippen LogP contribution is -2.34. The zero-order chi connectivity index (χ0) is 13.9. The molecule has 0 aliphatic heterocycles. The van der Waals surface area contributed by atoms with Crippen LogP contribution in [0.2, 0.25) is 0 Å². The third-order valence-electron chi connectivity index (χ3n) is 4.91. The van der Waals surface area contributed by atoms with Crippen LogP contribution in [0.25, 0.3) is 0 Å². The van der Waals surface area contributed by atoms with Gasteiger partial charge in [0.2, 0.25) is 0 Å². The molecule has 0 radical (unpaired) electrons. The molecule has 3 atom stereocenters. The first kappa shape index (κ1) is 14.5. The van der Waals surface area contributed by atoms with E-state index in [0.29, 0.717) is 0 Å². The van der Waals surface area contributed by atoms with Gasteiger partial charge in [0.1, 0.15) is 0 Å². The van der Waals surface area contributed by atoms with Crippen LogP contribution in [0.1, 0.15) is 44.6 Å². The van der Waals surface area contributed by atoms with Gasteiger partial charge in [0.05, 0.1) is 0 Å². The molecule has 2 saturated carbocycles. The summed E-state index contributed by atoms with van der Waals surface area (Å²) < 4.78 is 1.10. The third kappa shape index (κ3) is 4.05. The van der Waals surface area contributed by atoms with Crippen LogP contribution in [-0.2, 0) is 6.42 Å². The highest BCUT2D eigenvalue weighted by molar-refractivity contribution is 9.10. The quantitative estimate of drug-likeness (QED) is 0.871. The van der Waals surface area contributed by atoms with E-state index in [-0.39, 0.29) is 0 Å². The average Bonchev–Trinajstić information content (AvgIpc) is 3.22. The lowest BCUT2D eigenvalue weighted by atomic mass is 9.72. The maximum atomic E-state index is 4.32. The van der Waals surface area contributed by atoms with E-state index in [1.54, 1.807) is 0 Å². The third-order valence-corrected chi connectivity index (χ3v) is 5.34. The van der Waals surface area contributed by atoms with Gasteiger partial charge in [-0.15, -0.1) is 0 Å². The second kappa shape index (κ2) is 6.57. The second-order valence-electron chi connectivity index (χ2n) is 6.84. The number of hydrogen-bond donors (Lipinski definition) is 1. The Hall–Kier alpha value is -0.410. The summed E-state index contributed by atoms with van der Waals surface area (Å²) in [6.45, 7) is 3.64. The molecule has 3 unspecified atom stereocenters. The van der Waals surface area contributed by atoms with Gasteiger partial charge in [-0.1, -0.05) is 13.3 Å². The normalized spacial score (nSPS) is 30.4. The highest BCUT2D eigenvalue weighted by Crippen LogP contribution is 2.36. The van der Waals surface area contributed by atoms with Gasteiger partial charge in [0.25, 0.3) is 0 Å². The molecule has 0 spiro atoms. The summed E-state index contributed by atoms with van der Waals surface area (Å²) in [4.78, 5) is 4.32. The minimum Gasteiger partial charge on any atom is -0.314 e. The van der Waals surface area contributed by atoms with Crippen LogP contribution in [0, 0.1) is 17.8 Å². The van der Waals surface area contributed by atoms with Crippen LogP contribution in [0.4, 0.5) is 0 Å². The number of rotatable bonds is 5. The summed E-state index contributed by atoms with van der Waals surface area (Å²) in [7, 11) is 0. The van der Waals surface area contributed by atoms with Gasteiger partial charge >= 0.3 is 0 Å². The van der Waals surface area contributed by atoms with Gasteiger partial charge in [0.15, 0.2) is 0 Å². The fourth-order valence-corrected chi connectivity index (χ4v) is 3.97. The lowest BCUT2D eigenvalue weighted by molar-refractivity contribution is 0.183. The van der Waals surface area contributed by atoms with E-state index >= 15 is 0 Å². The fourth-order valence-electron chi connectivity index (χ4n) is 3.56. The van der Waals surface area contributed by atoms with Gasteiger partial charge in [-0.3, -0.25) is 4.98 Å². The second-order valence-corrected chi connectivity index (χ2v) is 7.75. The highest BCUT2D eigenvalue weighted by atomic mass is 79.9. The predicted octanol–water partition coefficient (Wildman–Crippen LogP) is 4.19. The SMILES string of the molecule is CC1CCC(CNC2CC2)C(Cc2cncc(Br)c2)C1. The van der Waals surface area contributed by atoms with Gasteiger partial charge in [-0.25, -0.2) is 0 Å². The lowest BCUT2D eigenvalue weighted by Gasteiger charge is -2.35. The molecule has 20 heavy (non-hydrogen) atoms. The summed E-state index contributed by atoms with van der Waals surface area (Å²) >= 11 is 3.54. The number of pyridine rings is 1. The molecule has 3 rings (SSSR count). The van der Waals surface area contributed by atoms with Crippen LogP contribution in [0.3, 0.4) is 0 Å². The number of aromatic nitrogens is 1. The Morgan fingerprint density at radius 3 is 2.80 bits per heavy atom. The van der Waals surface area contributed by atoms with Gasteiger partial charge in [0, 0.05) is 22.9 Å². The maximum Gasteiger partial charge on any atom is 0.0410 e.